The molecule has 0 fully saturated rings. The average Bonchev–Trinajstić information content (AvgIpc) is 2.25. The molecular weight excluding hydrogens is 176 g/mol. The fraction of sp³-hybridized carbons (Fsp3) is 0.250. The Morgan fingerprint density at radius 2 is 2.07 bits per heavy atom. The molecule has 14 heavy (non-hydrogen) atoms. The van der Waals surface area contributed by atoms with Gasteiger partial charge in [0, 0.05) is 12.5 Å². The van der Waals surface area contributed by atoms with Crippen molar-refractivity contribution in [1.82, 2.24) is 0 Å². The summed E-state index contributed by atoms with van der Waals surface area (Å²) in [6.07, 6.45) is 4.19. The largest absolute Gasteiger partial charge is 0.504 e. The van der Waals surface area contributed by atoms with Gasteiger partial charge in [-0.25, -0.2) is 0 Å². The number of rotatable bonds is 5. The number of carbonyl (C=O) groups is 1. The van der Waals surface area contributed by atoms with Crippen molar-refractivity contribution in [3.8, 4) is 0 Å². The number of hydrogen-bond donors (Lipinski definition) is 0. The number of ether oxygens (including phenoxy) is 1. The molecule has 2 heteroatoms. The van der Waals surface area contributed by atoms with Crippen LogP contribution in [0.2, 0.25) is 0 Å². The van der Waals surface area contributed by atoms with E-state index < -0.39 is 0 Å². The van der Waals surface area contributed by atoms with Crippen LogP contribution in [-0.4, -0.2) is 12.9 Å². The lowest BCUT2D eigenvalue weighted by Crippen LogP contribution is -1.95. The number of methoxy groups -OCH3 is 1. The summed E-state index contributed by atoms with van der Waals surface area (Å²) in [4.78, 5) is 11.2. The van der Waals surface area contributed by atoms with Crippen molar-refractivity contribution in [3.63, 3.8) is 0 Å². The van der Waals surface area contributed by atoms with Crippen molar-refractivity contribution >= 4 is 5.78 Å². The van der Waals surface area contributed by atoms with Crippen LogP contribution in [0.1, 0.15) is 12.0 Å². The normalized spacial score (nSPS) is 10.4. The number of carbonyl (C=O) groups excluding carboxylic acids is 1. The van der Waals surface area contributed by atoms with E-state index in [-0.39, 0.29) is 5.78 Å². The molecule has 0 spiro atoms. The Morgan fingerprint density at radius 1 is 1.36 bits per heavy atom. The molecule has 1 aromatic carbocycles. The molecule has 74 valence electrons. The topological polar surface area (TPSA) is 26.3 Å². The minimum atomic E-state index is 0.0932. The summed E-state index contributed by atoms with van der Waals surface area (Å²) in [6, 6.07) is 9.96. The van der Waals surface area contributed by atoms with Crippen molar-refractivity contribution in [1.29, 1.82) is 0 Å². The maximum absolute atomic E-state index is 11.2. The molecule has 0 atom stereocenters. The van der Waals surface area contributed by atoms with Crippen LogP contribution in [-0.2, 0) is 16.0 Å². The van der Waals surface area contributed by atoms with Crippen molar-refractivity contribution < 1.29 is 9.53 Å². The molecule has 0 aliphatic carbocycles. The molecule has 0 unspecified atom stereocenters. The highest BCUT2D eigenvalue weighted by Gasteiger charge is 1.97. The van der Waals surface area contributed by atoms with Crippen LogP contribution in [0.15, 0.2) is 42.7 Å². The van der Waals surface area contributed by atoms with Crippen LogP contribution in [0.3, 0.4) is 0 Å². The van der Waals surface area contributed by atoms with Crippen LogP contribution >= 0.6 is 0 Å². The van der Waals surface area contributed by atoms with Crippen LogP contribution in [0.25, 0.3) is 0 Å². The monoisotopic (exact) mass is 190 g/mol. The first-order valence-electron chi connectivity index (χ1n) is 4.59. The molecule has 0 saturated heterocycles. The van der Waals surface area contributed by atoms with Gasteiger partial charge in [-0.05, 0) is 12.0 Å². The highest BCUT2D eigenvalue weighted by atomic mass is 16.5. The Morgan fingerprint density at radius 3 is 2.71 bits per heavy atom. The van der Waals surface area contributed by atoms with E-state index in [0.29, 0.717) is 6.42 Å². The molecule has 0 aliphatic heterocycles. The molecule has 0 bridgehead atoms. The molecule has 2 nitrogen and oxygen atoms in total. The lowest BCUT2D eigenvalue weighted by atomic mass is 10.1. The van der Waals surface area contributed by atoms with Crippen molar-refractivity contribution in [3.05, 3.63) is 48.2 Å². The van der Waals surface area contributed by atoms with E-state index in [1.54, 1.807) is 0 Å². The molecule has 1 rings (SSSR count). The zero-order valence-electron chi connectivity index (χ0n) is 8.27. The third-order valence-corrected chi connectivity index (χ3v) is 1.89. The van der Waals surface area contributed by atoms with Gasteiger partial charge in [0.05, 0.1) is 13.4 Å². The summed E-state index contributed by atoms with van der Waals surface area (Å²) in [6.45, 7) is 0. The number of ketones is 1. The second kappa shape index (κ2) is 5.97. The number of allylic oxidation sites excluding steroid dienone is 1. The zero-order valence-corrected chi connectivity index (χ0v) is 8.27. The SMILES string of the molecule is CO/C=C/C(=O)CCc1ccccc1. The lowest BCUT2D eigenvalue weighted by Gasteiger charge is -1.97. The Bertz CT molecular complexity index is 301. The summed E-state index contributed by atoms with van der Waals surface area (Å²) < 4.78 is 4.66. The maximum atomic E-state index is 11.2. The van der Waals surface area contributed by atoms with Crippen molar-refractivity contribution in [2.24, 2.45) is 0 Å². The lowest BCUT2D eigenvalue weighted by molar-refractivity contribution is -0.114. The quantitative estimate of drug-likeness (QED) is 0.526. The third-order valence-electron chi connectivity index (χ3n) is 1.89. The number of aryl methyl sites for hydroxylation is 1. The van der Waals surface area contributed by atoms with E-state index >= 15 is 0 Å². The van der Waals surface area contributed by atoms with Crippen molar-refractivity contribution in [2.75, 3.05) is 7.11 Å². The zero-order chi connectivity index (χ0) is 10.2. The van der Waals surface area contributed by atoms with E-state index in [1.807, 2.05) is 30.3 Å². The second-order valence-corrected chi connectivity index (χ2v) is 2.99. The Kier molecular flexibility index (Phi) is 4.48. The van der Waals surface area contributed by atoms with Crippen LogP contribution < -0.4 is 0 Å². The molecule has 0 heterocycles. The standard InChI is InChI=1S/C12H14O2/c1-14-10-9-12(13)8-7-11-5-3-2-4-6-11/h2-6,9-10H,7-8H2,1H3/b10-9+. The van der Waals surface area contributed by atoms with E-state index in [1.165, 1.54) is 25.0 Å². The summed E-state index contributed by atoms with van der Waals surface area (Å²) in [7, 11) is 1.53. The number of benzene rings is 1. The molecule has 0 amide bonds. The Balaban J connectivity index is 2.34. The van der Waals surface area contributed by atoms with Gasteiger partial charge in [0.1, 0.15) is 0 Å². The van der Waals surface area contributed by atoms with Gasteiger partial charge in [-0.15, -0.1) is 0 Å². The summed E-state index contributed by atoms with van der Waals surface area (Å²) in [5.41, 5.74) is 1.19. The number of hydrogen-bond acceptors (Lipinski definition) is 2. The van der Waals surface area contributed by atoms with Gasteiger partial charge in [0.25, 0.3) is 0 Å². The van der Waals surface area contributed by atoms with Crippen molar-refractivity contribution in [2.45, 2.75) is 12.8 Å². The maximum Gasteiger partial charge on any atom is 0.159 e. The molecule has 0 saturated carbocycles. The van der Waals surface area contributed by atoms with E-state index in [4.69, 9.17) is 0 Å². The summed E-state index contributed by atoms with van der Waals surface area (Å²) in [5, 5.41) is 0. The van der Waals surface area contributed by atoms with E-state index in [9.17, 15) is 4.79 Å². The van der Waals surface area contributed by atoms with Gasteiger partial charge in [-0.3, -0.25) is 4.79 Å². The van der Waals surface area contributed by atoms with Gasteiger partial charge in [-0.1, -0.05) is 30.3 Å². The Labute approximate surface area is 84.2 Å². The summed E-state index contributed by atoms with van der Waals surface area (Å²) in [5.74, 6) is 0.0932. The average molecular weight is 190 g/mol. The molecule has 1 aromatic rings. The van der Waals surface area contributed by atoms with Crippen LogP contribution in [0.5, 0.6) is 0 Å². The second-order valence-electron chi connectivity index (χ2n) is 2.99. The van der Waals surface area contributed by atoms with Gasteiger partial charge < -0.3 is 4.74 Å². The van der Waals surface area contributed by atoms with Gasteiger partial charge in [0.2, 0.25) is 0 Å². The highest BCUT2D eigenvalue weighted by Crippen LogP contribution is 2.02. The predicted molar refractivity (Wildman–Crippen MR) is 55.9 cm³/mol. The summed E-state index contributed by atoms with van der Waals surface area (Å²) >= 11 is 0. The van der Waals surface area contributed by atoms with Gasteiger partial charge >= 0.3 is 0 Å². The van der Waals surface area contributed by atoms with Gasteiger partial charge in [0.15, 0.2) is 5.78 Å². The van der Waals surface area contributed by atoms with Crippen LogP contribution in [0, 0.1) is 0 Å². The first-order valence-corrected chi connectivity index (χ1v) is 4.59. The molecule has 0 aliphatic rings. The third kappa shape index (κ3) is 3.90. The molecule has 0 radical (unpaired) electrons. The molecular formula is C12H14O2. The highest BCUT2D eigenvalue weighted by molar-refractivity contribution is 5.89. The first-order chi connectivity index (χ1) is 6.83. The predicted octanol–water partition coefficient (Wildman–Crippen LogP) is 2.35. The fourth-order valence-corrected chi connectivity index (χ4v) is 1.14. The minimum absolute atomic E-state index is 0.0932. The smallest absolute Gasteiger partial charge is 0.159 e. The van der Waals surface area contributed by atoms with E-state index in [0.717, 1.165) is 6.42 Å². The van der Waals surface area contributed by atoms with E-state index in [2.05, 4.69) is 4.74 Å². The fourth-order valence-electron chi connectivity index (χ4n) is 1.14. The minimum Gasteiger partial charge on any atom is -0.504 e. The Hall–Kier alpha value is -1.57. The van der Waals surface area contributed by atoms with Crippen LogP contribution in [0.4, 0.5) is 0 Å². The molecule has 0 aromatic heterocycles. The first kappa shape index (κ1) is 10.5. The van der Waals surface area contributed by atoms with Gasteiger partial charge in [-0.2, -0.15) is 0 Å². The molecule has 0 N–H and O–H groups in total.